The molecule has 0 amide bonds. The molecule has 3 rings (SSSR count). The van der Waals surface area contributed by atoms with Gasteiger partial charge in [-0.05, 0) is 55.3 Å². The molecule has 1 aliphatic rings. The Kier molecular flexibility index (Phi) is 5.13. The Morgan fingerprint density at radius 1 is 1.17 bits per heavy atom. The lowest BCUT2D eigenvalue weighted by Crippen LogP contribution is -2.31. The van der Waals surface area contributed by atoms with Gasteiger partial charge in [0.1, 0.15) is 11.5 Å². The fraction of sp³-hybridized carbons (Fsp3) is 0.316. The van der Waals surface area contributed by atoms with Crippen LogP contribution in [0.2, 0.25) is 0 Å². The highest BCUT2D eigenvalue weighted by molar-refractivity contribution is 5.88. The van der Waals surface area contributed by atoms with Gasteiger partial charge in [-0.15, -0.1) is 0 Å². The van der Waals surface area contributed by atoms with Gasteiger partial charge in [0, 0.05) is 12.6 Å². The summed E-state index contributed by atoms with van der Waals surface area (Å²) in [6, 6.07) is 14.5. The number of aromatic carboxylic acids is 1. The number of benzene rings is 2. The highest BCUT2D eigenvalue weighted by atomic mass is 16.5. The first kappa shape index (κ1) is 16.5. The van der Waals surface area contributed by atoms with Gasteiger partial charge in [0.05, 0.1) is 12.2 Å². The molecular weight excluding hydrogens is 306 g/mol. The number of carbonyl (C=O) groups is 1. The first-order valence-electron chi connectivity index (χ1n) is 8.11. The molecule has 2 aromatic rings. The standard InChI is InChI=1S/C19H21NO4/c21-13-16-4-2-10-20(16)12-14-6-8-17(9-7-14)24-18-5-1-3-15(11-18)19(22)23/h1,3,5-9,11,16,21H,2,4,10,12-13H2,(H,22,23)/t16-/m1/s1. The molecule has 0 spiro atoms. The lowest BCUT2D eigenvalue weighted by Gasteiger charge is -2.22. The summed E-state index contributed by atoms with van der Waals surface area (Å²) in [7, 11) is 0. The Morgan fingerprint density at radius 2 is 1.96 bits per heavy atom. The molecule has 5 nitrogen and oxygen atoms in total. The van der Waals surface area contributed by atoms with E-state index in [1.54, 1.807) is 12.1 Å². The topological polar surface area (TPSA) is 70.0 Å². The average Bonchev–Trinajstić information content (AvgIpc) is 3.04. The third-order valence-electron chi connectivity index (χ3n) is 4.34. The zero-order chi connectivity index (χ0) is 16.9. The molecular formula is C19H21NO4. The van der Waals surface area contributed by atoms with Crippen LogP contribution in [0.5, 0.6) is 11.5 Å². The molecule has 2 N–H and O–H groups in total. The Labute approximate surface area is 141 Å². The molecule has 126 valence electrons. The van der Waals surface area contributed by atoms with Crippen molar-refractivity contribution in [3.63, 3.8) is 0 Å². The van der Waals surface area contributed by atoms with Crippen LogP contribution >= 0.6 is 0 Å². The summed E-state index contributed by atoms with van der Waals surface area (Å²) in [5.41, 5.74) is 1.37. The predicted molar refractivity (Wildman–Crippen MR) is 90.4 cm³/mol. The van der Waals surface area contributed by atoms with E-state index in [1.807, 2.05) is 24.3 Å². The minimum atomic E-state index is -0.972. The highest BCUT2D eigenvalue weighted by Crippen LogP contribution is 2.24. The highest BCUT2D eigenvalue weighted by Gasteiger charge is 2.23. The van der Waals surface area contributed by atoms with E-state index in [1.165, 1.54) is 17.7 Å². The summed E-state index contributed by atoms with van der Waals surface area (Å²) in [5, 5.41) is 18.4. The van der Waals surface area contributed by atoms with E-state index < -0.39 is 5.97 Å². The first-order chi connectivity index (χ1) is 11.7. The number of ether oxygens (including phenoxy) is 1. The fourth-order valence-electron chi connectivity index (χ4n) is 3.04. The lowest BCUT2D eigenvalue weighted by molar-refractivity contribution is 0.0696. The van der Waals surface area contributed by atoms with Crippen molar-refractivity contribution in [2.75, 3.05) is 13.2 Å². The third-order valence-corrected chi connectivity index (χ3v) is 4.34. The van der Waals surface area contributed by atoms with Crippen LogP contribution in [-0.4, -0.2) is 40.3 Å². The molecule has 24 heavy (non-hydrogen) atoms. The van der Waals surface area contributed by atoms with Crippen LogP contribution in [-0.2, 0) is 6.54 Å². The van der Waals surface area contributed by atoms with Crippen LogP contribution in [0.4, 0.5) is 0 Å². The van der Waals surface area contributed by atoms with Crippen LogP contribution < -0.4 is 4.74 Å². The number of aliphatic hydroxyl groups excluding tert-OH is 1. The van der Waals surface area contributed by atoms with Crippen molar-refractivity contribution in [3.05, 3.63) is 59.7 Å². The Morgan fingerprint density at radius 3 is 2.67 bits per heavy atom. The second-order valence-corrected chi connectivity index (χ2v) is 6.03. The van der Waals surface area contributed by atoms with Gasteiger partial charge >= 0.3 is 5.97 Å². The van der Waals surface area contributed by atoms with E-state index in [0.717, 1.165) is 25.9 Å². The molecule has 0 saturated carbocycles. The average molecular weight is 327 g/mol. The SMILES string of the molecule is O=C(O)c1cccc(Oc2ccc(CN3CCC[C@@H]3CO)cc2)c1. The largest absolute Gasteiger partial charge is 0.478 e. The number of carboxylic acids is 1. The van der Waals surface area contributed by atoms with Gasteiger partial charge in [0.2, 0.25) is 0 Å². The molecule has 0 aliphatic carbocycles. The molecule has 1 atom stereocenters. The molecule has 1 fully saturated rings. The van der Waals surface area contributed by atoms with E-state index in [4.69, 9.17) is 9.84 Å². The summed E-state index contributed by atoms with van der Waals surface area (Å²) in [4.78, 5) is 13.3. The van der Waals surface area contributed by atoms with Gasteiger partial charge in [-0.2, -0.15) is 0 Å². The smallest absolute Gasteiger partial charge is 0.335 e. The summed E-state index contributed by atoms with van der Waals surface area (Å²) >= 11 is 0. The van der Waals surface area contributed by atoms with Crippen molar-refractivity contribution >= 4 is 5.97 Å². The van der Waals surface area contributed by atoms with Crippen LogP contribution in [0.1, 0.15) is 28.8 Å². The molecule has 0 unspecified atom stereocenters. The third kappa shape index (κ3) is 3.93. The maximum atomic E-state index is 11.0. The van der Waals surface area contributed by atoms with Crippen molar-refractivity contribution in [1.82, 2.24) is 4.90 Å². The second-order valence-electron chi connectivity index (χ2n) is 6.03. The predicted octanol–water partition coefficient (Wildman–Crippen LogP) is 3.13. The fourth-order valence-corrected chi connectivity index (χ4v) is 3.04. The van der Waals surface area contributed by atoms with Crippen molar-refractivity contribution in [2.45, 2.75) is 25.4 Å². The number of hydrogen-bond acceptors (Lipinski definition) is 4. The van der Waals surface area contributed by atoms with E-state index >= 15 is 0 Å². The summed E-state index contributed by atoms with van der Waals surface area (Å²) in [5.74, 6) is 0.198. The van der Waals surface area contributed by atoms with Gasteiger partial charge in [-0.1, -0.05) is 18.2 Å². The van der Waals surface area contributed by atoms with Crippen LogP contribution in [0.25, 0.3) is 0 Å². The van der Waals surface area contributed by atoms with Crippen molar-refractivity contribution < 1.29 is 19.7 Å². The van der Waals surface area contributed by atoms with E-state index in [-0.39, 0.29) is 18.2 Å². The molecule has 0 aromatic heterocycles. The van der Waals surface area contributed by atoms with Crippen molar-refractivity contribution in [2.24, 2.45) is 0 Å². The van der Waals surface area contributed by atoms with Gasteiger partial charge in [0.15, 0.2) is 0 Å². The molecule has 0 radical (unpaired) electrons. The minimum absolute atomic E-state index is 0.202. The second kappa shape index (κ2) is 7.47. The number of likely N-dealkylation sites (tertiary alicyclic amines) is 1. The summed E-state index contributed by atoms with van der Waals surface area (Å²) in [6.07, 6.45) is 2.18. The maximum absolute atomic E-state index is 11.0. The number of nitrogens with zero attached hydrogens (tertiary/aromatic N) is 1. The molecule has 2 aromatic carbocycles. The Balaban J connectivity index is 1.64. The van der Waals surface area contributed by atoms with E-state index in [0.29, 0.717) is 11.5 Å². The molecule has 5 heteroatoms. The molecule has 1 aliphatic heterocycles. The normalized spacial score (nSPS) is 17.8. The van der Waals surface area contributed by atoms with E-state index in [9.17, 15) is 9.90 Å². The Bertz CT molecular complexity index is 699. The number of aliphatic hydroxyl groups is 1. The van der Waals surface area contributed by atoms with Crippen LogP contribution in [0, 0.1) is 0 Å². The minimum Gasteiger partial charge on any atom is -0.478 e. The van der Waals surface area contributed by atoms with Crippen LogP contribution in [0.15, 0.2) is 48.5 Å². The van der Waals surface area contributed by atoms with Gasteiger partial charge in [-0.25, -0.2) is 4.79 Å². The van der Waals surface area contributed by atoms with Gasteiger partial charge < -0.3 is 14.9 Å². The van der Waals surface area contributed by atoms with Crippen molar-refractivity contribution in [3.8, 4) is 11.5 Å². The molecule has 1 heterocycles. The quantitative estimate of drug-likeness (QED) is 0.853. The summed E-state index contributed by atoms with van der Waals surface area (Å²) in [6.45, 7) is 2.05. The monoisotopic (exact) mass is 327 g/mol. The van der Waals surface area contributed by atoms with Crippen molar-refractivity contribution in [1.29, 1.82) is 0 Å². The molecule has 0 bridgehead atoms. The number of rotatable bonds is 6. The number of carboxylic acid groups (broad SMARTS) is 1. The first-order valence-corrected chi connectivity index (χ1v) is 8.11. The zero-order valence-electron chi connectivity index (χ0n) is 13.4. The van der Waals surface area contributed by atoms with E-state index in [2.05, 4.69) is 4.90 Å². The Hall–Kier alpha value is -2.37. The van der Waals surface area contributed by atoms with Gasteiger partial charge in [0.25, 0.3) is 0 Å². The molecule has 1 saturated heterocycles. The zero-order valence-corrected chi connectivity index (χ0v) is 13.4. The maximum Gasteiger partial charge on any atom is 0.335 e. The number of hydrogen-bond donors (Lipinski definition) is 2. The summed E-state index contributed by atoms with van der Waals surface area (Å²) < 4.78 is 5.72. The lowest BCUT2D eigenvalue weighted by atomic mass is 10.2. The van der Waals surface area contributed by atoms with Crippen LogP contribution in [0.3, 0.4) is 0 Å². The van der Waals surface area contributed by atoms with Gasteiger partial charge in [-0.3, -0.25) is 4.90 Å².